The quantitative estimate of drug-likeness (QED) is 0.639. The first-order chi connectivity index (χ1) is 7.62. The van der Waals surface area contributed by atoms with Gasteiger partial charge >= 0.3 is 11.9 Å². The topological polar surface area (TPSA) is 52.6 Å². The Labute approximate surface area is 100 Å². The first-order valence-electron chi connectivity index (χ1n) is 5.42. The van der Waals surface area contributed by atoms with Gasteiger partial charge < -0.3 is 9.47 Å². The highest BCUT2D eigenvalue weighted by Gasteiger charge is 2.44. The second-order valence-corrected chi connectivity index (χ2v) is 5.04. The molecule has 0 bridgehead atoms. The Kier molecular flexibility index (Phi) is 5.12. The highest BCUT2D eigenvalue weighted by Crippen LogP contribution is 2.51. The van der Waals surface area contributed by atoms with Gasteiger partial charge in [0.05, 0.1) is 25.9 Å². The molecule has 1 saturated carbocycles. The number of methoxy groups -OCH3 is 1. The molecule has 1 rings (SSSR count). The van der Waals surface area contributed by atoms with E-state index in [0.717, 1.165) is 18.6 Å². The SMILES string of the molecule is CCOC(=O)CSCC1(CC(=O)OC)CC1. The monoisotopic (exact) mass is 246 g/mol. The van der Waals surface area contributed by atoms with Crippen LogP contribution in [0.5, 0.6) is 0 Å². The average Bonchev–Trinajstić information content (AvgIpc) is 2.98. The third kappa shape index (κ3) is 4.43. The van der Waals surface area contributed by atoms with Crippen LogP contribution in [0.2, 0.25) is 0 Å². The van der Waals surface area contributed by atoms with Crippen LogP contribution in [0.25, 0.3) is 0 Å². The minimum Gasteiger partial charge on any atom is -0.469 e. The fraction of sp³-hybridized carbons (Fsp3) is 0.818. The summed E-state index contributed by atoms with van der Waals surface area (Å²) in [4.78, 5) is 22.2. The molecule has 16 heavy (non-hydrogen) atoms. The van der Waals surface area contributed by atoms with Crippen molar-refractivity contribution in [1.82, 2.24) is 0 Å². The van der Waals surface area contributed by atoms with Gasteiger partial charge in [0, 0.05) is 5.75 Å². The summed E-state index contributed by atoms with van der Waals surface area (Å²) < 4.78 is 9.48. The van der Waals surface area contributed by atoms with Crippen LogP contribution < -0.4 is 0 Å². The van der Waals surface area contributed by atoms with Crippen LogP contribution in [0.15, 0.2) is 0 Å². The number of carbonyl (C=O) groups is 2. The summed E-state index contributed by atoms with van der Waals surface area (Å²) in [6.45, 7) is 2.22. The van der Waals surface area contributed by atoms with Crippen molar-refractivity contribution in [2.45, 2.75) is 26.2 Å². The van der Waals surface area contributed by atoms with E-state index in [-0.39, 0.29) is 17.4 Å². The smallest absolute Gasteiger partial charge is 0.315 e. The van der Waals surface area contributed by atoms with Gasteiger partial charge in [-0.3, -0.25) is 9.59 Å². The predicted molar refractivity (Wildman–Crippen MR) is 62.3 cm³/mol. The lowest BCUT2D eigenvalue weighted by Gasteiger charge is -2.12. The number of thioether (sulfide) groups is 1. The van der Waals surface area contributed by atoms with E-state index in [9.17, 15) is 9.59 Å². The molecule has 4 nitrogen and oxygen atoms in total. The largest absolute Gasteiger partial charge is 0.469 e. The predicted octanol–water partition coefficient (Wildman–Crippen LogP) is 1.63. The summed E-state index contributed by atoms with van der Waals surface area (Å²) in [7, 11) is 1.41. The first kappa shape index (κ1) is 13.4. The number of hydrogen-bond donors (Lipinski definition) is 0. The zero-order valence-electron chi connectivity index (χ0n) is 9.78. The van der Waals surface area contributed by atoms with E-state index < -0.39 is 0 Å². The molecule has 1 fully saturated rings. The van der Waals surface area contributed by atoms with Crippen LogP contribution in [0.1, 0.15) is 26.2 Å². The van der Waals surface area contributed by atoms with Gasteiger partial charge in [0.15, 0.2) is 0 Å². The highest BCUT2D eigenvalue weighted by atomic mass is 32.2. The van der Waals surface area contributed by atoms with Crippen molar-refractivity contribution < 1.29 is 19.1 Å². The molecule has 0 radical (unpaired) electrons. The second-order valence-electron chi connectivity index (χ2n) is 4.05. The maximum atomic E-state index is 11.1. The van der Waals surface area contributed by atoms with Gasteiger partial charge in [-0.15, -0.1) is 11.8 Å². The molecule has 92 valence electrons. The van der Waals surface area contributed by atoms with E-state index in [1.807, 2.05) is 0 Å². The Bertz CT molecular complexity index is 261. The lowest BCUT2D eigenvalue weighted by atomic mass is 10.1. The number of rotatable bonds is 7. The van der Waals surface area contributed by atoms with Gasteiger partial charge in [-0.25, -0.2) is 0 Å². The van der Waals surface area contributed by atoms with Gasteiger partial charge in [-0.05, 0) is 25.2 Å². The minimum absolute atomic E-state index is 0.0876. The molecule has 0 aromatic heterocycles. The fourth-order valence-electron chi connectivity index (χ4n) is 1.48. The zero-order chi connectivity index (χ0) is 12.0. The van der Waals surface area contributed by atoms with Crippen molar-refractivity contribution >= 4 is 23.7 Å². The number of esters is 2. The molecule has 0 amide bonds. The molecule has 1 aliphatic carbocycles. The molecule has 0 aliphatic heterocycles. The Hall–Kier alpha value is -0.710. The van der Waals surface area contributed by atoms with E-state index >= 15 is 0 Å². The molecule has 0 aromatic rings. The Morgan fingerprint density at radius 2 is 2.00 bits per heavy atom. The van der Waals surface area contributed by atoms with E-state index in [1.165, 1.54) is 7.11 Å². The molecule has 0 spiro atoms. The van der Waals surface area contributed by atoms with E-state index in [1.54, 1.807) is 18.7 Å². The van der Waals surface area contributed by atoms with Crippen LogP contribution >= 0.6 is 11.8 Å². The summed E-state index contributed by atoms with van der Waals surface area (Å²) in [5.41, 5.74) is 0.0876. The molecule has 0 unspecified atom stereocenters. The first-order valence-corrected chi connectivity index (χ1v) is 6.57. The van der Waals surface area contributed by atoms with E-state index in [2.05, 4.69) is 4.74 Å². The van der Waals surface area contributed by atoms with Gasteiger partial charge in [-0.2, -0.15) is 0 Å². The van der Waals surface area contributed by atoms with E-state index in [0.29, 0.717) is 18.8 Å². The van der Waals surface area contributed by atoms with Crippen LogP contribution in [-0.2, 0) is 19.1 Å². The zero-order valence-corrected chi connectivity index (χ0v) is 10.6. The number of carbonyl (C=O) groups excluding carboxylic acids is 2. The standard InChI is InChI=1S/C11H18O4S/c1-3-15-10(13)7-16-8-11(4-5-11)6-9(12)14-2/h3-8H2,1-2H3. The average molecular weight is 246 g/mol. The lowest BCUT2D eigenvalue weighted by Crippen LogP contribution is -2.15. The maximum absolute atomic E-state index is 11.1. The van der Waals surface area contributed by atoms with Crippen LogP contribution in [-0.4, -0.2) is 37.2 Å². The number of ether oxygens (including phenoxy) is 2. The Morgan fingerprint density at radius 1 is 1.31 bits per heavy atom. The Morgan fingerprint density at radius 3 is 2.50 bits per heavy atom. The fourth-order valence-corrected chi connectivity index (χ4v) is 2.66. The lowest BCUT2D eigenvalue weighted by molar-refractivity contribution is -0.142. The van der Waals surface area contributed by atoms with Gasteiger partial charge in [0.1, 0.15) is 0 Å². The highest BCUT2D eigenvalue weighted by molar-refractivity contribution is 7.99. The van der Waals surface area contributed by atoms with Gasteiger partial charge in [0.2, 0.25) is 0 Å². The molecule has 5 heteroatoms. The van der Waals surface area contributed by atoms with Crippen molar-refractivity contribution in [2.75, 3.05) is 25.2 Å². The van der Waals surface area contributed by atoms with Gasteiger partial charge in [0.25, 0.3) is 0 Å². The molecule has 0 aromatic carbocycles. The summed E-state index contributed by atoms with van der Waals surface area (Å²) in [6, 6.07) is 0. The Balaban J connectivity index is 2.17. The third-order valence-electron chi connectivity index (χ3n) is 2.64. The van der Waals surface area contributed by atoms with Crippen molar-refractivity contribution in [2.24, 2.45) is 5.41 Å². The van der Waals surface area contributed by atoms with Crippen molar-refractivity contribution in [1.29, 1.82) is 0 Å². The summed E-state index contributed by atoms with van der Waals surface area (Å²) in [5.74, 6) is 0.869. The van der Waals surface area contributed by atoms with Crippen molar-refractivity contribution in [3.8, 4) is 0 Å². The molecule has 0 N–H and O–H groups in total. The summed E-state index contributed by atoms with van der Waals surface area (Å²) in [6.07, 6.45) is 2.58. The molecule has 1 aliphatic rings. The summed E-state index contributed by atoms with van der Waals surface area (Å²) >= 11 is 1.54. The minimum atomic E-state index is -0.179. The van der Waals surface area contributed by atoms with Gasteiger partial charge in [-0.1, -0.05) is 0 Å². The third-order valence-corrected chi connectivity index (χ3v) is 3.89. The molecular weight excluding hydrogens is 228 g/mol. The summed E-state index contributed by atoms with van der Waals surface area (Å²) in [5, 5.41) is 0. The number of hydrogen-bond acceptors (Lipinski definition) is 5. The molecule has 0 heterocycles. The second kappa shape index (κ2) is 6.13. The molecule has 0 saturated heterocycles. The normalized spacial score (nSPS) is 16.6. The van der Waals surface area contributed by atoms with E-state index in [4.69, 9.17) is 4.74 Å². The molecular formula is C11H18O4S. The maximum Gasteiger partial charge on any atom is 0.315 e. The van der Waals surface area contributed by atoms with Crippen molar-refractivity contribution in [3.63, 3.8) is 0 Å². The van der Waals surface area contributed by atoms with Crippen LogP contribution in [0.4, 0.5) is 0 Å². The van der Waals surface area contributed by atoms with Crippen LogP contribution in [0, 0.1) is 5.41 Å². The van der Waals surface area contributed by atoms with Crippen molar-refractivity contribution in [3.05, 3.63) is 0 Å². The molecule has 0 atom stereocenters. The van der Waals surface area contributed by atoms with Crippen LogP contribution in [0.3, 0.4) is 0 Å².